The van der Waals surface area contributed by atoms with Crippen LogP contribution in [0, 0.1) is 0 Å². The van der Waals surface area contributed by atoms with Crippen LogP contribution in [0.5, 0.6) is 0 Å². The molecule has 0 aromatic heterocycles. The first-order valence-electron chi connectivity index (χ1n) is 5.42. The molecule has 1 rings (SSSR count). The summed E-state index contributed by atoms with van der Waals surface area (Å²) in [4.78, 5) is 0. The Morgan fingerprint density at radius 3 is 2.00 bits per heavy atom. The number of hydrogen-bond donors (Lipinski definition) is 1. The van der Waals surface area contributed by atoms with Crippen molar-refractivity contribution in [2.75, 3.05) is 6.61 Å². The minimum atomic E-state index is -1.68. The second-order valence-corrected chi connectivity index (χ2v) is 12.1. The molecule has 0 spiro atoms. The average molecular weight is 216 g/mol. The molecule has 3 heteroatoms. The van der Waals surface area contributed by atoms with Crippen molar-refractivity contribution in [3.05, 3.63) is 0 Å². The maximum Gasteiger partial charge on any atom is 0.0901 e. The summed E-state index contributed by atoms with van der Waals surface area (Å²) in [6, 6.07) is 0. The van der Waals surface area contributed by atoms with E-state index >= 15 is 0 Å². The molecular formula is C11H24O2Si. The molecule has 0 saturated carbocycles. The Kier molecular flexibility index (Phi) is 2.90. The van der Waals surface area contributed by atoms with E-state index in [0.29, 0.717) is 6.10 Å². The third kappa shape index (κ3) is 2.20. The molecule has 2 unspecified atom stereocenters. The van der Waals surface area contributed by atoms with E-state index in [0.717, 1.165) is 13.0 Å². The highest BCUT2D eigenvalue weighted by molar-refractivity contribution is 6.82. The molecule has 1 aliphatic rings. The van der Waals surface area contributed by atoms with Crippen LogP contribution in [0.3, 0.4) is 0 Å². The van der Waals surface area contributed by atoms with Crippen LogP contribution >= 0.6 is 0 Å². The molecule has 1 N–H and O–H groups in total. The largest absolute Gasteiger partial charge is 0.394 e. The third-order valence-electron chi connectivity index (χ3n) is 4.25. The van der Waals surface area contributed by atoms with Gasteiger partial charge >= 0.3 is 0 Å². The topological polar surface area (TPSA) is 32.8 Å². The fourth-order valence-electron chi connectivity index (χ4n) is 1.69. The first-order valence-corrected chi connectivity index (χ1v) is 8.42. The van der Waals surface area contributed by atoms with Crippen molar-refractivity contribution < 1.29 is 9.84 Å². The van der Waals surface area contributed by atoms with Crippen molar-refractivity contribution in [2.24, 2.45) is 0 Å². The molecule has 2 nitrogen and oxygen atoms in total. The Morgan fingerprint density at radius 1 is 1.29 bits per heavy atom. The Balaban J connectivity index is 2.76. The molecule has 1 fully saturated rings. The van der Waals surface area contributed by atoms with Gasteiger partial charge in [0.25, 0.3) is 0 Å². The van der Waals surface area contributed by atoms with Gasteiger partial charge in [0.2, 0.25) is 0 Å². The quantitative estimate of drug-likeness (QED) is 0.581. The molecule has 0 bridgehead atoms. The average Bonchev–Trinajstić information content (AvgIpc) is 2.67. The van der Waals surface area contributed by atoms with Crippen LogP contribution in [0.1, 0.15) is 34.1 Å². The lowest BCUT2D eigenvalue weighted by Gasteiger charge is -2.47. The van der Waals surface area contributed by atoms with E-state index < -0.39 is 13.3 Å². The molecule has 2 atom stereocenters. The fourth-order valence-corrected chi connectivity index (χ4v) is 4.05. The molecule has 1 aliphatic heterocycles. The number of ether oxygens (including phenoxy) is 1. The predicted molar refractivity (Wildman–Crippen MR) is 62.2 cm³/mol. The summed E-state index contributed by atoms with van der Waals surface area (Å²) < 4.78 is 5.21. The minimum Gasteiger partial charge on any atom is -0.394 e. The summed E-state index contributed by atoms with van der Waals surface area (Å²) in [6.45, 7) is 14.1. The van der Waals surface area contributed by atoms with E-state index in [1.165, 1.54) is 0 Å². The molecule has 0 aromatic rings. The summed E-state index contributed by atoms with van der Waals surface area (Å²) in [5.41, 5.74) is 0. The molecule has 1 heterocycles. The summed E-state index contributed by atoms with van der Waals surface area (Å²) in [5.74, 6) is 0. The van der Waals surface area contributed by atoms with Gasteiger partial charge in [-0.3, -0.25) is 0 Å². The second-order valence-electron chi connectivity index (χ2n) is 6.31. The second kappa shape index (κ2) is 3.32. The Hall–Kier alpha value is 0.137. The first kappa shape index (κ1) is 12.2. The lowest BCUT2D eigenvalue weighted by Crippen LogP contribution is -2.58. The van der Waals surface area contributed by atoms with Gasteiger partial charge < -0.3 is 9.84 Å². The van der Waals surface area contributed by atoms with Gasteiger partial charge in [-0.2, -0.15) is 0 Å². The van der Waals surface area contributed by atoms with Crippen molar-refractivity contribution in [1.29, 1.82) is 0 Å². The summed E-state index contributed by atoms with van der Waals surface area (Å²) in [6.07, 6.45) is 1.13. The Bertz CT molecular complexity index is 212. The van der Waals surface area contributed by atoms with Gasteiger partial charge in [0.1, 0.15) is 0 Å². The van der Waals surface area contributed by atoms with Gasteiger partial charge in [-0.15, -0.1) is 0 Å². The smallest absolute Gasteiger partial charge is 0.0901 e. The maximum atomic E-state index is 10.6. The fraction of sp³-hybridized carbons (Fsp3) is 1.00. The minimum absolute atomic E-state index is 0.228. The summed E-state index contributed by atoms with van der Waals surface area (Å²) >= 11 is 0. The first-order chi connectivity index (χ1) is 6.08. The summed E-state index contributed by atoms with van der Waals surface area (Å²) in [5, 5.41) is 10.3. The van der Waals surface area contributed by atoms with Crippen molar-refractivity contribution in [3.63, 3.8) is 0 Å². The zero-order valence-electron chi connectivity index (χ0n) is 10.3. The number of epoxide rings is 1. The maximum absolute atomic E-state index is 10.6. The Labute approximate surface area is 88.7 Å². The molecular weight excluding hydrogens is 192 g/mol. The number of hydrogen-bond acceptors (Lipinski definition) is 2. The normalized spacial score (nSPS) is 27.2. The number of aliphatic hydroxyl groups is 1. The van der Waals surface area contributed by atoms with E-state index in [2.05, 4.69) is 33.9 Å². The van der Waals surface area contributed by atoms with Crippen LogP contribution in [0.2, 0.25) is 18.1 Å². The van der Waals surface area contributed by atoms with Gasteiger partial charge in [0.05, 0.1) is 26.0 Å². The van der Waals surface area contributed by atoms with Crippen LogP contribution in [0.4, 0.5) is 0 Å². The Morgan fingerprint density at radius 2 is 1.71 bits per heavy atom. The van der Waals surface area contributed by atoms with Gasteiger partial charge in [-0.05, 0) is 12.0 Å². The molecule has 0 radical (unpaired) electrons. The zero-order chi connectivity index (χ0) is 11.2. The van der Waals surface area contributed by atoms with Gasteiger partial charge in [0, 0.05) is 6.42 Å². The predicted octanol–water partition coefficient (Wildman–Crippen LogP) is 2.57. The molecule has 0 aromatic carbocycles. The van der Waals surface area contributed by atoms with Crippen LogP contribution in [-0.4, -0.2) is 31.1 Å². The highest BCUT2D eigenvalue weighted by atomic mass is 28.3. The SMILES string of the molecule is CC(C)(C)[Si](C)(C)C(C)(O)CC1CO1. The highest BCUT2D eigenvalue weighted by Crippen LogP contribution is 2.45. The van der Waals surface area contributed by atoms with Gasteiger partial charge in [0.15, 0.2) is 0 Å². The van der Waals surface area contributed by atoms with Crippen LogP contribution < -0.4 is 0 Å². The van der Waals surface area contributed by atoms with Crippen molar-refractivity contribution in [3.8, 4) is 0 Å². The monoisotopic (exact) mass is 216 g/mol. The van der Waals surface area contributed by atoms with Crippen molar-refractivity contribution in [1.82, 2.24) is 0 Å². The van der Waals surface area contributed by atoms with Crippen LogP contribution in [0.25, 0.3) is 0 Å². The molecule has 0 aliphatic carbocycles. The lowest BCUT2D eigenvalue weighted by atomic mass is 10.2. The molecule has 14 heavy (non-hydrogen) atoms. The molecule has 0 amide bonds. The van der Waals surface area contributed by atoms with E-state index in [4.69, 9.17) is 4.74 Å². The third-order valence-corrected chi connectivity index (χ3v) is 10.9. The van der Waals surface area contributed by atoms with E-state index in [-0.39, 0.29) is 5.04 Å². The highest BCUT2D eigenvalue weighted by Gasteiger charge is 2.51. The van der Waals surface area contributed by atoms with E-state index in [1.807, 2.05) is 6.92 Å². The van der Waals surface area contributed by atoms with Gasteiger partial charge in [-0.25, -0.2) is 0 Å². The molecule has 1 saturated heterocycles. The van der Waals surface area contributed by atoms with E-state index in [1.54, 1.807) is 0 Å². The molecule has 84 valence electrons. The summed E-state index contributed by atoms with van der Waals surface area (Å²) in [7, 11) is -1.68. The van der Waals surface area contributed by atoms with Crippen LogP contribution in [0.15, 0.2) is 0 Å². The van der Waals surface area contributed by atoms with Crippen molar-refractivity contribution >= 4 is 8.07 Å². The standard InChI is InChI=1S/C11H24O2Si/c1-10(2,3)14(5,6)11(4,12)7-9-8-13-9/h9,12H,7-8H2,1-6H3. The van der Waals surface area contributed by atoms with Gasteiger partial charge in [-0.1, -0.05) is 33.9 Å². The number of rotatable bonds is 3. The van der Waals surface area contributed by atoms with Crippen LogP contribution in [-0.2, 0) is 4.74 Å². The van der Waals surface area contributed by atoms with Crippen molar-refractivity contribution in [2.45, 2.75) is 63.6 Å². The zero-order valence-corrected chi connectivity index (χ0v) is 11.3. The van der Waals surface area contributed by atoms with E-state index in [9.17, 15) is 5.11 Å². The lowest BCUT2D eigenvalue weighted by molar-refractivity contribution is 0.109.